The molecule has 0 radical (unpaired) electrons. The van der Waals surface area contributed by atoms with Gasteiger partial charge in [-0.1, -0.05) is 96.1 Å². The predicted octanol–water partition coefficient (Wildman–Crippen LogP) is 11.0. The zero-order valence-corrected chi connectivity index (χ0v) is 37.0. The Morgan fingerprint density at radius 3 is 1.02 bits per heavy atom. The maximum atomic E-state index is 15.1. The summed E-state index contributed by atoms with van der Waals surface area (Å²) in [5.74, 6) is 1.22. The second-order valence-corrected chi connectivity index (χ2v) is 19.0. The van der Waals surface area contributed by atoms with E-state index in [2.05, 4.69) is 0 Å². The van der Waals surface area contributed by atoms with Crippen molar-refractivity contribution in [2.45, 2.75) is 33.4 Å². The number of aryl methyl sites for hydroxylation is 2. The van der Waals surface area contributed by atoms with E-state index in [-0.39, 0.29) is 31.0 Å². The summed E-state index contributed by atoms with van der Waals surface area (Å²) in [5, 5.41) is 10.1. The summed E-state index contributed by atoms with van der Waals surface area (Å²) in [6.45, 7) is 3.81. The molecule has 0 fully saturated rings. The molecule has 64 heavy (non-hydrogen) atoms. The van der Waals surface area contributed by atoms with Crippen molar-refractivity contribution in [1.82, 2.24) is 19.6 Å². The first-order valence-electron chi connectivity index (χ1n) is 20.4. The molecule has 0 bridgehead atoms. The SMILES string of the molecule is COc1ccc(-c2nn(-c3ccccc3)c(-c3ccc(-c4c(S(=O)(=O)c5ccc(C)cc5)c(-c5ccc(OC)cc5)nn4-c4ccccc4)cc3)c2S(=O)(=O)c2ccc(C)cc2)cc1. The largest absolute Gasteiger partial charge is 0.497 e. The van der Waals surface area contributed by atoms with E-state index < -0.39 is 19.7 Å². The van der Waals surface area contributed by atoms with Crippen LogP contribution in [0.5, 0.6) is 11.5 Å². The molecule has 0 aliphatic rings. The number of rotatable bonds is 12. The number of hydrogen-bond acceptors (Lipinski definition) is 8. The molecular formula is C52H42N4O6S2. The Labute approximate surface area is 372 Å². The summed E-state index contributed by atoms with van der Waals surface area (Å²) >= 11 is 0. The molecule has 0 aliphatic heterocycles. The number of nitrogens with zero attached hydrogens (tertiary/aromatic N) is 4. The summed E-state index contributed by atoms with van der Waals surface area (Å²) in [6.07, 6.45) is 0. The van der Waals surface area contributed by atoms with Crippen molar-refractivity contribution in [1.29, 1.82) is 0 Å². The van der Waals surface area contributed by atoms with Crippen molar-refractivity contribution in [3.63, 3.8) is 0 Å². The van der Waals surface area contributed by atoms with Crippen LogP contribution < -0.4 is 9.47 Å². The molecule has 0 atom stereocenters. The highest BCUT2D eigenvalue weighted by Gasteiger charge is 2.35. The van der Waals surface area contributed by atoms with E-state index in [9.17, 15) is 0 Å². The third-order valence-electron chi connectivity index (χ3n) is 11.0. The first-order valence-corrected chi connectivity index (χ1v) is 23.3. The Hall–Kier alpha value is -7.54. The van der Waals surface area contributed by atoms with Crippen molar-refractivity contribution in [2.24, 2.45) is 0 Å². The minimum atomic E-state index is -4.23. The monoisotopic (exact) mass is 882 g/mol. The highest BCUT2D eigenvalue weighted by atomic mass is 32.2. The maximum Gasteiger partial charge on any atom is 0.210 e. The molecule has 0 saturated heterocycles. The number of para-hydroxylation sites is 2. The topological polar surface area (TPSA) is 122 Å². The van der Waals surface area contributed by atoms with Gasteiger partial charge in [-0.15, -0.1) is 0 Å². The number of hydrogen-bond donors (Lipinski definition) is 0. The molecule has 9 aromatic rings. The maximum absolute atomic E-state index is 15.1. The van der Waals surface area contributed by atoms with Crippen molar-refractivity contribution in [3.8, 4) is 67.9 Å². The van der Waals surface area contributed by atoms with Gasteiger partial charge in [-0.05, 0) is 111 Å². The summed E-state index contributed by atoms with van der Waals surface area (Å²) < 4.78 is 74.6. The van der Waals surface area contributed by atoms with Gasteiger partial charge in [-0.3, -0.25) is 0 Å². The van der Waals surface area contributed by atoms with E-state index in [4.69, 9.17) is 19.7 Å². The van der Waals surface area contributed by atoms with E-state index >= 15 is 16.8 Å². The zero-order valence-electron chi connectivity index (χ0n) is 35.4. The molecule has 0 aliphatic carbocycles. The van der Waals surface area contributed by atoms with E-state index in [0.29, 0.717) is 56.5 Å². The molecule has 0 N–H and O–H groups in total. The summed E-state index contributed by atoms with van der Waals surface area (Å²) in [5.41, 5.74) is 6.46. The lowest BCUT2D eigenvalue weighted by molar-refractivity contribution is 0.414. The summed E-state index contributed by atoms with van der Waals surface area (Å²) in [7, 11) is -5.32. The minimum absolute atomic E-state index is 0.0110. The van der Waals surface area contributed by atoms with E-state index in [0.717, 1.165) is 11.1 Å². The second kappa shape index (κ2) is 17.0. The van der Waals surface area contributed by atoms with Crippen LogP contribution in [0.2, 0.25) is 0 Å². The van der Waals surface area contributed by atoms with Gasteiger partial charge in [0.2, 0.25) is 19.7 Å². The van der Waals surface area contributed by atoms with Crippen molar-refractivity contribution >= 4 is 19.7 Å². The van der Waals surface area contributed by atoms with Gasteiger partial charge >= 0.3 is 0 Å². The first kappa shape index (κ1) is 41.8. The molecule has 0 saturated carbocycles. The minimum Gasteiger partial charge on any atom is -0.497 e. The third kappa shape index (κ3) is 7.67. The molecule has 12 heteroatoms. The average Bonchev–Trinajstić information content (AvgIpc) is 3.95. The molecule has 9 rings (SSSR count). The Bertz CT molecular complexity index is 3100. The van der Waals surface area contributed by atoms with Gasteiger partial charge in [0.25, 0.3) is 0 Å². The number of methoxy groups -OCH3 is 2. The van der Waals surface area contributed by atoms with Crippen LogP contribution in [0.3, 0.4) is 0 Å². The van der Waals surface area contributed by atoms with Crippen molar-refractivity contribution < 1.29 is 26.3 Å². The normalized spacial score (nSPS) is 11.7. The number of ether oxygens (including phenoxy) is 2. The smallest absolute Gasteiger partial charge is 0.210 e. The van der Waals surface area contributed by atoms with Gasteiger partial charge in [-0.2, -0.15) is 10.2 Å². The Balaban J connectivity index is 1.32. The van der Waals surface area contributed by atoms with Crippen molar-refractivity contribution in [3.05, 3.63) is 193 Å². The fourth-order valence-corrected chi connectivity index (χ4v) is 10.9. The van der Waals surface area contributed by atoms with E-state index in [1.54, 1.807) is 145 Å². The Morgan fingerprint density at radius 2 is 0.703 bits per heavy atom. The van der Waals surface area contributed by atoms with Gasteiger partial charge < -0.3 is 9.47 Å². The van der Waals surface area contributed by atoms with Gasteiger partial charge in [-0.25, -0.2) is 26.2 Å². The average molecular weight is 883 g/mol. The molecule has 318 valence electrons. The lowest BCUT2D eigenvalue weighted by Crippen LogP contribution is -2.07. The molecule has 0 spiro atoms. The van der Waals surface area contributed by atoms with Crippen LogP contribution in [-0.4, -0.2) is 50.6 Å². The number of aromatic nitrogens is 4. The lowest BCUT2D eigenvalue weighted by Gasteiger charge is -2.14. The van der Waals surface area contributed by atoms with Crippen molar-refractivity contribution in [2.75, 3.05) is 14.2 Å². The molecular weight excluding hydrogens is 841 g/mol. The quantitative estimate of drug-likeness (QED) is 0.119. The third-order valence-corrected chi connectivity index (χ3v) is 14.7. The fraction of sp³-hybridized carbons (Fsp3) is 0.0769. The van der Waals surface area contributed by atoms with Crippen LogP contribution >= 0.6 is 0 Å². The summed E-state index contributed by atoms with van der Waals surface area (Å²) in [6, 6.07) is 53.7. The summed E-state index contributed by atoms with van der Waals surface area (Å²) in [4.78, 5) is 0.248. The van der Waals surface area contributed by atoms with Crippen LogP contribution in [0.15, 0.2) is 202 Å². The standard InChI is InChI=1S/C52H42N4O6S2/c1-35-15-31-45(32-16-35)63(57,58)51-47(37-23-27-43(61-3)28-24-37)53-55(41-11-7-5-8-12-41)49(51)39-19-21-40(22-20-39)50-52(64(59,60)46-33-17-36(2)18-34-46)48(38-25-29-44(62-4)30-26-38)54-56(50)42-13-9-6-10-14-42/h5-34H,1-4H3. The Morgan fingerprint density at radius 1 is 0.391 bits per heavy atom. The molecule has 0 unspecified atom stereocenters. The lowest BCUT2D eigenvalue weighted by atomic mass is 10.0. The van der Waals surface area contributed by atoms with Crippen LogP contribution in [0.1, 0.15) is 11.1 Å². The number of sulfone groups is 2. The molecule has 2 heterocycles. The molecule has 2 aromatic heterocycles. The van der Waals surface area contributed by atoms with Gasteiger partial charge in [0, 0.05) is 22.3 Å². The van der Waals surface area contributed by atoms with E-state index in [1.165, 1.54) is 0 Å². The van der Waals surface area contributed by atoms with Gasteiger partial charge in [0.15, 0.2) is 0 Å². The molecule has 7 aromatic carbocycles. The highest BCUT2D eigenvalue weighted by Crippen LogP contribution is 2.44. The van der Waals surface area contributed by atoms with Crippen LogP contribution in [-0.2, 0) is 19.7 Å². The van der Waals surface area contributed by atoms with Crippen LogP contribution in [0.25, 0.3) is 56.4 Å². The first-order chi connectivity index (χ1) is 31.0. The van der Waals surface area contributed by atoms with Crippen LogP contribution in [0, 0.1) is 13.8 Å². The molecule has 0 amide bonds. The Kier molecular flexibility index (Phi) is 11.1. The molecule has 10 nitrogen and oxygen atoms in total. The van der Waals surface area contributed by atoms with Crippen LogP contribution in [0.4, 0.5) is 0 Å². The second-order valence-electron chi connectivity index (χ2n) is 15.2. The number of benzene rings is 7. The van der Waals surface area contributed by atoms with E-state index in [1.807, 2.05) is 74.5 Å². The van der Waals surface area contributed by atoms with Gasteiger partial charge in [0.05, 0.1) is 46.8 Å². The van der Waals surface area contributed by atoms with Gasteiger partial charge in [0.1, 0.15) is 32.7 Å². The fourth-order valence-electron chi connectivity index (χ4n) is 7.67. The highest BCUT2D eigenvalue weighted by molar-refractivity contribution is 7.92. The zero-order chi connectivity index (χ0) is 44.6. The predicted molar refractivity (Wildman–Crippen MR) is 249 cm³/mol.